The number of hydrogen-bond acceptors (Lipinski definition) is 5. The molecule has 0 unspecified atom stereocenters. The highest BCUT2D eigenvalue weighted by molar-refractivity contribution is 6.13. The minimum absolute atomic E-state index is 0.176. The Morgan fingerprint density at radius 3 is 2.04 bits per heavy atom. The number of aromatic nitrogens is 3. The van der Waals surface area contributed by atoms with E-state index in [9.17, 15) is 15.0 Å². The molecule has 1 heterocycles. The van der Waals surface area contributed by atoms with E-state index in [0.717, 1.165) is 0 Å². The average molecular weight is 331 g/mol. The number of rotatable bonds is 3. The number of phenols is 2. The van der Waals surface area contributed by atoms with Crippen LogP contribution in [-0.4, -0.2) is 31.0 Å². The van der Waals surface area contributed by atoms with Gasteiger partial charge >= 0.3 is 0 Å². The van der Waals surface area contributed by atoms with Gasteiger partial charge in [-0.1, -0.05) is 42.5 Å². The second-order valence-corrected chi connectivity index (χ2v) is 5.50. The molecule has 0 fully saturated rings. The van der Waals surface area contributed by atoms with Crippen molar-refractivity contribution in [2.45, 2.75) is 0 Å². The molecule has 25 heavy (non-hydrogen) atoms. The van der Waals surface area contributed by atoms with E-state index in [0.29, 0.717) is 16.6 Å². The maximum atomic E-state index is 12.7. The molecule has 0 saturated heterocycles. The Labute approximate surface area is 142 Å². The highest BCUT2D eigenvalue weighted by atomic mass is 16.3. The van der Waals surface area contributed by atoms with Crippen molar-refractivity contribution >= 4 is 16.8 Å². The lowest BCUT2D eigenvalue weighted by molar-refractivity contribution is 0.103. The molecule has 4 rings (SSSR count). The van der Waals surface area contributed by atoms with Crippen LogP contribution in [0.2, 0.25) is 0 Å². The number of carbonyl (C=O) groups is 1. The van der Waals surface area contributed by atoms with Gasteiger partial charge in [-0.05, 0) is 24.3 Å². The van der Waals surface area contributed by atoms with Gasteiger partial charge in [-0.2, -0.15) is 0 Å². The van der Waals surface area contributed by atoms with Gasteiger partial charge in [-0.25, -0.2) is 0 Å². The van der Waals surface area contributed by atoms with E-state index in [2.05, 4.69) is 10.2 Å². The second kappa shape index (κ2) is 5.76. The van der Waals surface area contributed by atoms with Crippen LogP contribution in [0.3, 0.4) is 0 Å². The Kier molecular flexibility index (Phi) is 3.43. The van der Waals surface area contributed by atoms with Gasteiger partial charge in [0.15, 0.2) is 5.75 Å². The van der Waals surface area contributed by atoms with Crippen LogP contribution in [0.25, 0.3) is 16.7 Å². The molecule has 122 valence electrons. The number of phenolic OH excluding ortho intramolecular Hbond substituents is 2. The topological polar surface area (TPSA) is 88.2 Å². The molecule has 6 heteroatoms. The lowest BCUT2D eigenvalue weighted by atomic mass is 10.0. The van der Waals surface area contributed by atoms with Crippen molar-refractivity contribution in [2.75, 3.05) is 0 Å². The van der Waals surface area contributed by atoms with E-state index in [4.69, 9.17) is 0 Å². The number of aromatic hydroxyl groups is 2. The van der Waals surface area contributed by atoms with Crippen LogP contribution in [0.1, 0.15) is 15.9 Å². The van der Waals surface area contributed by atoms with Gasteiger partial charge in [0.2, 0.25) is 5.78 Å². The fraction of sp³-hybridized carbons (Fsp3) is 0. The van der Waals surface area contributed by atoms with Crippen LogP contribution in [0.5, 0.6) is 11.5 Å². The molecule has 0 aliphatic rings. The Balaban J connectivity index is 1.87. The van der Waals surface area contributed by atoms with Crippen molar-refractivity contribution in [1.82, 2.24) is 15.0 Å². The van der Waals surface area contributed by atoms with Gasteiger partial charge in [0, 0.05) is 5.56 Å². The summed E-state index contributed by atoms with van der Waals surface area (Å²) in [5, 5.41) is 29.3. The van der Waals surface area contributed by atoms with Gasteiger partial charge in [-0.15, -0.1) is 15.0 Å². The predicted molar refractivity (Wildman–Crippen MR) is 92.1 cm³/mol. The van der Waals surface area contributed by atoms with Crippen LogP contribution in [-0.2, 0) is 0 Å². The lowest BCUT2D eigenvalue weighted by Crippen LogP contribution is -2.06. The fourth-order valence-electron chi connectivity index (χ4n) is 2.66. The predicted octanol–water partition coefficient (Wildman–Crippen LogP) is 3.06. The third-order valence-corrected chi connectivity index (χ3v) is 3.90. The normalized spacial score (nSPS) is 10.9. The van der Waals surface area contributed by atoms with Crippen LogP contribution in [0.4, 0.5) is 0 Å². The minimum atomic E-state index is -0.478. The summed E-state index contributed by atoms with van der Waals surface area (Å²) in [4.78, 5) is 13.9. The number of ketones is 1. The Bertz CT molecular complexity index is 1050. The number of benzene rings is 3. The van der Waals surface area contributed by atoms with Crippen molar-refractivity contribution < 1.29 is 15.0 Å². The molecule has 0 atom stereocenters. The molecular formula is C19H13N3O3. The molecule has 0 bridgehead atoms. The maximum absolute atomic E-state index is 12.7. The zero-order chi connectivity index (χ0) is 17.4. The molecule has 0 aliphatic carbocycles. The molecule has 3 aromatic carbocycles. The molecule has 1 aromatic heterocycles. The highest BCUT2D eigenvalue weighted by Crippen LogP contribution is 2.34. The monoisotopic (exact) mass is 331 g/mol. The van der Waals surface area contributed by atoms with Crippen LogP contribution >= 0.6 is 0 Å². The molecular weight excluding hydrogens is 318 g/mol. The Hall–Kier alpha value is -3.67. The first-order valence-electron chi connectivity index (χ1n) is 7.62. The quantitative estimate of drug-likeness (QED) is 0.563. The van der Waals surface area contributed by atoms with Crippen molar-refractivity contribution in [2.24, 2.45) is 0 Å². The lowest BCUT2D eigenvalue weighted by Gasteiger charge is -2.10. The van der Waals surface area contributed by atoms with E-state index in [-0.39, 0.29) is 22.7 Å². The van der Waals surface area contributed by atoms with Gasteiger partial charge in [0.1, 0.15) is 28.0 Å². The number of hydrogen-bond donors (Lipinski definition) is 2. The third-order valence-electron chi connectivity index (χ3n) is 3.90. The summed E-state index contributed by atoms with van der Waals surface area (Å²) < 4.78 is 0. The number of nitrogens with zero attached hydrogens (tertiary/aromatic N) is 3. The molecule has 2 N–H and O–H groups in total. The second-order valence-electron chi connectivity index (χ2n) is 5.50. The summed E-state index contributed by atoms with van der Waals surface area (Å²) in [5.41, 5.74) is 1.72. The van der Waals surface area contributed by atoms with Gasteiger partial charge in [-0.3, -0.25) is 4.79 Å². The zero-order valence-corrected chi connectivity index (χ0v) is 13.0. The molecule has 6 nitrogen and oxygen atoms in total. The van der Waals surface area contributed by atoms with E-state index >= 15 is 0 Å². The fourth-order valence-corrected chi connectivity index (χ4v) is 2.66. The summed E-state index contributed by atoms with van der Waals surface area (Å²) in [6.45, 7) is 0. The van der Waals surface area contributed by atoms with Crippen molar-refractivity contribution in [1.29, 1.82) is 0 Å². The van der Waals surface area contributed by atoms with Crippen LogP contribution in [0.15, 0.2) is 66.7 Å². The standard InChI is InChI=1S/C19H13N3O3/c23-16-11-10-15(22-20-13-8-4-5-9-14(13)21-22)19(25)17(16)18(24)12-6-2-1-3-7-12/h1-11,23,25H. The smallest absolute Gasteiger partial charge is 0.200 e. The summed E-state index contributed by atoms with van der Waals surface area (Å²) in [7, 11) is 0. The van der Waals surface area contributed by atoms with Gasteiger partial charge in [0.25, 0.3) is 0 Å². The molecule has 0 radical (unpaired) electrons. The van der Waals surface area contributed by atoms with Gasteiger partial charge < -0.3 is 10.2 Å². The summed E-state index contributed by atoms with van der Waals surface area (Å²) in [5.74, 6) is -1.14. The molecule has 4 aromatic rings. The van der Waals surface area contributed by atoms with Crippen molar-refractivity contribution in [3.05, 3.63) is 77.9 Å². The van der Waals surface area contributed by atoms with Gasteiger partial charge in [0.05, 0.1) is 0 Å². The first-order chi connectivity index (χ1) is 12.1. The molecule has 0 saturated carbocycles. The zero-order valence-electron chi connectivity index (χ0n) is 13.0. The SMILES string of the molecule is O=C(c1ccccc1)c1c(O)ccc(-n2nc3ccccc3n2)c1O. The largest absolute Gasteiger partial charge is 0.507 e. The van der Waals surface area contributed by atoms with E-state index in [1.165, 1.54) is 16.9 Å². The summed E-state index contributed by atoms with van der Waals surface area (Å²) in [6.07, 6.45) is 0. The Morgan fingerprint density at radius 2 is 1.40 bits per heavy atom. The number of carbonyl (C=O) groups excluding carboxylic acids is 1. The summed E-state index contributed by atoms with van der Waals surface area (Å²) >= 11 is 0. The highest BCUT2D eigenvalue weighted by Gasteiger charge is 2.22. The molecule has 0 amide bonds. The van der Waals surface area contributed by atoms with E-state index in [1.807, 2.05) is 12.1 Å². The van der Waals surface area contributed by atoms with Crippen LogP contribution < -0.4 is 0 Å². The maximum Gasteiger partial charge on any atom is 0.200 e. The van der Waals surface area contributed by atoms with E-state index < -0.39 is 5.78 Å². The minimum Gasteiger partial charge on any atom is -0.507 e. The first-order valence-corrected chi connectivity index (χ1v) is 7.62. The average Bonchev–Trinajstić information content (AvgIpc) is 3.06. The Morgan fingerprint density at radius 1 is 0.800 bits per heavy atom. The van der Waals surface area contributed by atoms with Crippen LogP contribution in [0, 0.1) is 0 Å². The molecule has 0 spiro atoms. The third kappa shape index (κ3) is 2.49. The van der Waals surface area contributed by atoms with E-state index in [1.54, 1.807) is 42.5 Å². The van der Waals surface area contributed by atoms with Crippen molar-refractivity contribution in [3.8, 4) is 17.2 Å². The summed E-state index contributed by atoms with van der Waals surface area (Å²) in [6, 6.07) is 18.5. The van der Waals surface area contributed by atoms with Crippen molar-refractivity contribution in [3.63, 3.8) is 0 Å². The first kappa shape index (κ1) is 14.9. The molecule has 0 aliphatic heterocycles. The number of fused-ring (bicyclic) bond motifs is 1.